The summed E-state index contributed by atoms with van der Waals surface area (Å²) in [6.07, 6.45) is 2.71. The Morgan fingerprint density at radius 3 is 2.67 bits per heavy atom. The van der Waals surface area contributed by atoms with Gasteiger partial charge >= 0.3 is 6.09 Å². The summed E-state index contributed by atoms with van der Waals surface area (Å²) in [5.74, 6) is 0.854. The Kier molecular flexibility index (Phi) is 5.97. The number of anilines is 1. The summed E-state index contributed by atoms with van der Waals surface area (Å²) in [4.78, 5) is 14.1. The van der Waals surface area contributed by atoms with Crippen molar-refractivity contribution in [2.24, 2.45) is 0 Å². The van der Waals surface area contributed by atoms with Crippen molar-refractivity contribution >= 4 is 11.8 Å². The van der Waals surface area contributed by atoms with Gasteiger partial charge in [-0.1, -0.05) is 6.07 Å². The molecule has 1 heterocycles. The van der Waals surface area contributed by atoms with Crippen LogP contribution < -0.4 is 10.1 Å². The van der Waals surface area contributed by atoms with Crippen LogP contribution in [0.25, 0.3) is 0 Å². The third kappa shape index (κ3) is 5.32. The monoisotopic (exact) mass is 334 g/mol. The van der Waals surface area contributed by atoms with E-state index in [4.69, 9.17) is 9.47 Å². The van der Waals surface area contributed by atoms with E-state index in [-0.39, 0.29) is 6.09 Å². The molecule has 1 atom stereocenters. The molecule has 1 aromatic rings. The van der Waals surface area contributed by atoms with Gasteiger partial charge in [-0.05, 0) is 58.6 Å². The Hall–Kier alpha value is -1.91. The van der Waals surface area contributed by atoms with E-state index in [2.05, 4.69) is 18.3 Å². The second-order valence-electron chi connectivity index (χ2n) is 7.42. The lowest BCUT2D eigenvalue weighted by molar-refractivity contribution is 0.0256. The summed E-state index contributed by atoms with van der Waals surface area (Å²) in [6, 6.07) is 6.41. The van der Waals surface area contributed by atoms with Gasteiger partial charge in [0.1, 0.15) is 11.4 Å². The van der Waals surface area contributed by atoms with Crippen molar-refractivity contribution in [2.75, 3.05) is 25.5 Å². The van der Waals surface area contributed by atoms with Gasteiger partial charge in [0.05, 0.1) is 7.11 Å². The molecular weight excluding hydrogens is 304 g/mol. The van der Waals surface area contributed by atoms with Crippen molar-refractivity contribution in [1.29, 1.82) is 0 Å². The van der Waals surface area contributed by atoms with Crippen molar-refractivity contribution in [3.63, 3.8) is 0 Å². The fourth-order valence-corrected chi connectivity index (χ4v) is 2.85. The Morgan fingerprint density at radius 1 is 1.25 bits per heavy atom. The molecule has 1 aliphatic rings. The number of aryl methyl sites for hydroxylation is 1. The van der Waals surface area contributed by atoms with E-state index < -0.39 is 5.60 Å². The molecule has 0 radical (unpaired) electrons. The maximum atomic E-state index is 12.2. The summed E-state index contributed by atoms with van der Waals surface area (Å²) in [5.41, 5.74) is 1.85. The highest BCUT2D eigenvalue weighted by atomic mass is 16.6. The molecule has 1 N–H and O–H groups in total. The van der Waals surface area contributed by atoms with Crippen molar-refractivity contribution in [2.45, 2.75) is 58.6 Å². The van der Waals surface area contributed by atoms with Crippen LogP contribution in [0.15, 0.2) is 18.2 Å². The number of likely N-dealkylation sites (tertiary alicyclic amines) is 1. The Morgan fingerprint density at radius 2 is 2.00 bits per heavy atom. The summed E-state index contributed by atoms with van der Waals surface area (Å²) in [5, 5.41) is 3.61. The van der Waals surface area contributed by atoms with E-state index in [0.29, 0.717) is 6.04 Å². The standard InChI is InChI=1S/C19H30N2O3/c1-14-8-9-16(23-5)13-17(14)20-15-7-6-11-21(12-10-15)18(22)24-19(2,3)4/h8-9,13,15,20H,6-7,10-12H2,1-5H3. The molecule has 0 aliphatic carbocycles. The van der Waals surface area contributed by atoms with Gasteiger partial charge in [-0.2, -0.15) is 0 Å². The lowest BCUT2D eigenvalue weighted by atomic mass is 10.1. The van der Waals surface area contributed by atoms with E-state index in [1.165, 1.54) is 5.56 Å². The molecule has 1 unspecified atom stereocenters. The molecular formula is C19H30N2O3. The number of hydrogen-bond acceptors (Lipinski definition) is 4. The van der Waals surface area contributed by atoms with Crippen molar-refractivity contribution < 1.29 is 14.3 Å². The minimum atomic E-state index is -0.446. The number of amides is 1. The summed E-state index contributed by atoms with van der Waals surface area (Å²) >= 11 is 0. The fourth-order valence-electron chi connectivity index (χ4n) is 2.85. The highest BCUT2D eigenvalue weighted by Gasteiger charge is 2.25. The van der Waals surface area contributed by atoms with E-state index >= 15 is 0 Å². The molecule has 0 spiro atoms. The number of rotatable bonds is 3. The van der Waals surface area contributed by atoms with Gasteiger partial charge in [0.25, 0.3) is 0 Å². The van der Waals surface area contributed by atoms with Gasteiger partial charge in [-0.15, -0.1) is 0 Å². The van der Waals surface area contributed by atoms with Crippen molar-refractivity contribution in [1.82, 2.24) is 4.90 Å². The van der Waals surface area contributed by atoms with Crippen LogP contribution in [0.4, 0.5) is 10.5 Å². The molecule has 1 aliphatic heterocycles. The molecule has 5 heteroatoms. The lowest BCUT2D eigenvalue weighted by Gasteiger charge is -2.26. The normalized spacial score (nSPS) is 18.7. The van der Waals surface area contributed by atoms with E-state index in [1.807, 2.05) is 37.8 Å². The van der Waals surface area contributed by atoms with Crippen LogP contribution in [0, 0.1) is 6.92 Å². The highest BCUT2D eigenvalue weighted by Crippen LogP contribution is 2.25. The van der Waals surface area contributed by atoms with Gasteiger partial charge in [0, 0.05) is 30.9 Å². The second kappa shape index (κ2) is 7.77. The quantitative estimate of drug-likeness (QED) is 0.900. The average molecular weight is 334 g/mol. The average Bonchev–Trinajstić information content (AvgIpc) is 2.73. The SMILES string of the molecule is COc1ccc(C)c(NC2CCCN(C(=O)OC(C)(C)C)CC2)c1. The number of nitrogens with zero attached hydrogens (tertiary/aromatic N) is 1. The van der Waals surface area contributed by atoms with Gasteiger partial charge in [0.15, 0.2) is 0 Å². The predicted octanol–water partition coefficient (Wildman–Crippen LogP) is 4.21. The van der Waals surface area contributed by atoms with Crippen LogP contribution in [0.2, 0.25) is 0 Å². The zero-order valence-electron chi connectivity index (χ0n) is 15.5. The minimum absolute atomic E-state index is 0.208. The van der Waals surface area contributed by atoms with Crippen LogP contribution in [-0.2, 0) is 4.74 Å². The van der Waals surface area contributed by atoms with Gasteiger partial charge in [-0.25, -0.2) is 4.79 Å². The largest absolute Gasteiger partial charge is 0.497 e. The zero-order valence-corrected chi connectivity index (χ0v) is 15.5. The zero-order chi connectivity index (χ0) is 17.7. The number of ether oxygens (including phenoxy) is 2. The highest BCUT2D eigenvalue weighted by molar-refractivity contribution is 5.68. The predicted molar refractivity (Wildman–Crippen MR) is 96.8 cm³/mol. The van der Waals surface area contributed by atoms with Crippen LogP contribution in [-0.4, -0.2) is 42.8 Å². The minimum Gasteiger partial charge on any atom is -0.497 e. The Bertz CT molecular complexity index is 566. The maximum Gasteiger partial charge on any atom is 0.410 e. The number of carbonyl (C=O) groups excluding carboxylic acids is 1. The molecule has 1 fully saturated rings. The van der Waals surface area contributed by atoms with Crippen LogP contribution >= 0.6 is 0 Å². The van der Waals surface area contributed by atoms with Gasteiger partial charge in [-0.3, -0.25) is 0 Å². The molecule has 24 heavy (non-hydrogen) atoms. The number of carbonyl (C=O) groups is 1. The Labute approximate surface area is 145 Å². The first-order valence-corrected chi connectivity index (χ1v) is 8.67. The second-order valence-corrected chi connectivity index (χ2v) is 7.42. The van der Waals surface area contributed by atoms with Crippen molar-refractivity contribution in [3.05, 3.63) is 23.8 Å². The molecule has 1 amide bonds. The molecule has 0 saturated carbocycles. The number of hydrogen-bond donors (Lipinski definition) is 1. The maximum absolute atomic E-state index is 12.2. The summed E-state index contributed by atoms with van der Waals surface area (Å²) in [6.45, 7) is 9.27. The number of nitrogens with one attached hydrogen (secondary N) is 1. The van der Waals surface area contributed by atoms with Gasteiger partial charge < -0.3 is 19.7 Å². The number of benzene rings is 1. The molecule has 2 rings (SSSR count). The van der Waals surface area contributed by atoms with Crippen molar-refractivity contribution in [3.8, 4) is 5.75 Å². The summed E-state index contributed by atoms with van der Waals surface area (Å²) in [7, 11) is 1.68. The smallest absolute Gasteiger partial charge is 0.410 e. The molecule has 1 aromatic carbocycles. The first-order chi connectivity index (χ1) is 11.3. The first-order valence-electron chi connectivity index (χ1n) is 8.67. The van der Waals surface area contributed by atoms with Crippen LogP contribution in [0.3, 0.4) is 0 Å². The van der Waals surface area contributed by atoms with E-state index in [9.17, 15) is 4.79 Å². The molecule has 134 valence electrons. The third-order valence-corrected chi connectivity index (χ3v) is 4.18. The Balaban J connectivity index is 1.95. The third-order valence-electron chi connectivity index (χ3n) is 4.18. The molecule has 0 aromatic heterocycles. The van der Waals surface area contributed by atoms with Crippen LogP contribution in [0.1, 0.15) is 45.6 Å². The lowest BCUT2D eigenvalue weighted by Crippen LogP contribution is -2.37. The van der Waals surface area contributed by atoms with Gasteiger partial charge in [0.2, 0.25) is 0 Å². The van der Waals surface area contributed by atoms with E-state index in [0.717, 1.165) is 43.8 Å². The molecule has 1 saturated heterocycles. The summed E-state index contributed by atoms with van der Waals surface area (Å²) < 4.78 is 10.8. The number of methoxy groups -OCH3 is 1. The topological polar surface area (TPSA) is 50.8 Å². The molecule has 0 bridgehead atoms. The molecule has 5 nitrogen and oxygen atoms in total. The fraction of sp³-hybridized carbons (Fsp3) is 0.632. The van der Waals surface area contributed by atoms with E-state index in [1.54, 1.807) is 7.11 Å². The first kappa shape index (κ1) is 18.4. The van der Waals surface area contributed by atoms with Crippen LogP contribution in [0.5, 0.6) is 5.75 Å².